The van der Waals surface area contributed by atoms with Gasteiger partial charge in [-0.05, 0) is 31.5 Å². The first-order chi connectivity index (χ1) is 9.06. The molecule has 2 aromatic rings. The third kappa shape index (κ3) is 4.38. The summed E-state index contributed by atoms with van der Waals surface area (Å²) in [7, 11) is 0. The fourth-order valence-electron chi connectivity index (χ4n) is 1.88. The number of halogens is 2. The Morgan fingerprint density at radius 1 is 1.37 bits per heavy atom. The van der Waals surface area contributed by atoms with Crippen molar-refractivity contribution in [2.24, 2.45) is 0 Å². The second-order valence-corrected chi connectivity index (χ2v) is 7.19. The van der Waals surface area contributed by atoms with Gasteiger partial charge in [-0.2, -0.15) is 0 Å². The molecule has 0 spiro atoms. The lowest BCUT2D eigenvalue weighted by Crippen LogP contribution is -2.21. The molecular weight excluding hydrogens is 388 g/mol. The van der Waals surface area contributed by atoms with E-state index in [1.807, 2.05) is 6.92 Å². The van der Waals surface area contributed by atoms with Gasteiger partial charge in [0.05, 0.1) is 5.01 Å². The van der Waals surface area contributed by atoms with Gasteiger partial charge in [0.25, 0.3) is 0 Å². The summed E-state index contributed by atoms with van der Waals surface area (Å²) in [4.78, 5) is 4.47. The van der Waals surface area contributed by atoms with E-state index in [0.29, 0.717) is 6.04 Å². The van der Waals surface area contributed by atoms with Crippen LogP contribution < -0.4 is 5.32 Å². The van der Waals surface area contributed by atoms with Gasteiger partial charge in [0.2, 0.25) is 0 Å². The van der Waals surface area contributed by atoms with Crippen LogP contribution in [0.15, 0.2) is 32.5 Å². The number of nitrogens with one attached hydrogen (secondary N) is 1. The van der Waals surface area contributed by atoms with Gasteiger partial charge in [-0.25, -0.2) is 4.98 Å². The lowest BCUT2D eigenvalue weighted by atomic mass is 10.1. The molecule has 102 valence electrons. The smallest absolute Gasteiger partial charge is 0.0940 e. The molecular formula is C14H16Br2N2S. The first-order valence-corrected chi connectivity index (χ1v) is 8.62. The molecule has 0 amide bonds. The lowest BCUT2D eigenvalue weighted by Gasteiger charge is -2.15. The van der Waals surface area contributed by atoms with Crippen LogP contribution in [0, 0.1) is 6.92 Å². The third-order valence-electron chi connectivity index (χ3n) is 2.88. The number of aromatic nitrogens is 1. The second kappa shape index (κ2) is 6.97. The quantitative estimate of drug-likeness (QED) is 0.770. The fourth-order valence-corrected chi connectivity index (χ4v) is 4.04. The number of rotatable bonds is 5. The molecule has 0 saturated heterocycles. The van der Waals surface area contributed by atoms with Crippen LogP contribution >= 0.6 is 43.2 Å². The summed E-state index contributed by atoms with van der Waals surface area (Å²) < 4.78 is 2.22. The van der Waals surface area contributed by atoms with E-state index in [1.54, 1.807) is 11.3 Å². The van der Waals surface area contributed by atoms with Crippen molar-refractivity contribution in [3.63, 3.8) is 0 Å². The number of hydrogen-bond donors (Lipinski definition) is 1. The van der Waals surface area contributed by atoms with Crippen molar-refractivity contribution in [1.82, 2.24) is 10.3 Å². The summed E-state index contributed by atoms with van der Waals surface area (Å²) in [5, 5.41) is 6.84. The zero-order chi connectivity index (χ0) is 13.8. The number of benzene rings is 1. The van der Waals surface area contributed by atoms with Crippen molar-refractivity contribution in [2.45, 2.75) is 26.3 Å². The molecule has 0 fully saturated rings. The van der Waals surface area contributed by atoms with Crippen LogP contribution in [0.4, 0.5) is 0 Å². The average Bonchev–Trinajstić information content (AvgIpc) is 2.75. The normalized spacial score (nSPS) is 12.6. The van der Waals surface area contributed by atoms with Gasteiger partial charge in [0.15, 0.2) is 0 Å². The Morgan fingerprint density at radius 2 is 2.16 bits per heavy atom. The predicted molar refractivity (Wildman–Crippen MR) is 88.8 cm³/mol. The molecule has 0 saturated carbocycles. The number of aryl methyl sites for hydroxylation is 1. The average molecular weight is 404 g/mol. The maximum atomic E-state index is 4.47. The maximum absolute atomic E-state index is 4.47. The van der Waals surface area contributed by atoms with Gasteiger partial charge in [-0.15, -0.1) is 11.3 Å². The number of hydrogen-bond acceptors (Lipinski definition) is 3. The Kier molecular flexibility index (Phi) is 5.57. The summed E-state index contributed by atoms with van der Waals surface area (Å²) >= 11 is 8.82. The van der Waals surface area contributed by atoms with E-state index >= 15 is 0 Å². The van der Waals surface area contributed by atoms with Crippen LogP contribution in [0.3, 0.4) is 0 Å². The zero-order valence-corrected chi connectivity index (χ0v) is 14.9. The standard InChI is InChI=1S/C14H16Br2N2S/c1-9-8-19-14(18-9)5-6-17-10(2)12-4-3-11(15)7-13(12)16/h3-4,7-8,10,17H,5-6H2,1-2H3. The molecule has 2 nitrogen and oxygen atoms in total. The molecule has 19 heavy (non-hydrogen) atoms. The van der Waals surface area contributed by atoms with Crippen LogP contribution in [-0.2, 0) is 6.42 Å². The largest absolute Gasteiger partial charge is 0.310 e. The van der Waals surface area contributed by atoms with E-state index < -0.39 is 0 Å². The van der Waals surface area contributed by atoms with Crippen molar-refractivity contribution in [2.75, 3.05) is 6.54 Å². The van der Waals surface area contributed by atoms with Crippen molar-refractivity contribution in [3.8, 4) is 0 Å². The molecule has 0 aliphatic carbocycles. The maximum Gasteiger partial charge on any atom is 0.0940 e. The Balaban J connectivity index is 1.88. The van der Waals surface area contributed by atoms with Crippen LogP contribution in [0.25, 0.3) is 0 Å². The Labute approximate surface area is 134 Å². The highest BCUT2D eigenvalue weighted by molar-refractivity contribution is 9.11. The van der Waals surface area contributed by atoms with E-state index in [1.165, 1.54) is 10.6 Å². The van der Waals surface area contributed by atoms with Gasteiger partial charge in [0.1, 0.15) is 0 Å². The molecule has 5 heteroatoms. The predicted octanol–water partition coefficient (Wildman–Crippen LogP) is 4.87. The Morgan fingerprint density at radius 3 is 2.79 bits per heavy atom. The molecule has 1 aromatic carbocycles. The van der Waals surface area contributed by atoms with E-state index in [9.17, 15) is 0 Å². The molecule has 2 rings (SSSR count). The van der Waals surface area contributed by atoms with Gasteiger partial charge in [0, 0.05) is 39.0 Å². The van der Waals surface area contributed by atoms with E-state index in [0.717, 1.165) is 27.6 Å². The molecule has 0 aliphatic heterocycles. The molecule has 1 N–H and O–H groups in total. The molecule has 1 aromatic heterocycles. The van der Waals surface area contributed by atoms with Crippen molar-refractivity contribution >= 4 is 43.2 Å². The van der Waals surface area contributed by atoms with Gasteiger partial charge >= 0.3 is 0 Å². The Bertz CT molecular complexity index is 554. The minimum atomic E-state index is 0.323. The van der Waals surface area contributed by atoms with Crippen LogP contribution in [0.1, 0.15) is 29.2 Å². The van der Waals surface area contributed by atoms with Crippen LogP contribution in [-0.4, -0.2) is 11.5 Å². The summed E-state index contributed by atoms with van der Waals surface area (Å²) in [6, 6.07) is 6.61. The minimum absolute atomic E-state index is 0.323. The summed E-state index contributed by atoms with van der Waals surface area (Å²) in [6.07, 6.45) is 0.983. The van der Waals surface area contributed by atoms with Gasteiger partial charge < -0.3 is 5.32 Å². The van der Waals surface area contributed by atoms with Crippen molar-refractivity contribution < 1.29 is 0 Å². The van der Waals surface area contributed by atoms with E-state index in [2.05, 4.69) is 72.7 Å². The zero-order valence-electron chi connectivity index (χ0n) is 10.9. The summed E-state index contributed by atoms with van der Waals surface area (Å²) in [5.74, 6) is 0. The van der Waals surface area contributed by atoms with E-state index in [-0.39, 0.29) is 0 Å². The highest BCUT2D eigenvalue weighted by Crippen LogP contribution is 2.26. The first-order valence-electron chi connectivity index (χ1n) is 6.15. The molecule has 1 unspecified atom stereocenters. The van der Waals surface area contributed by atoms with Crippen molar-refractivity contribution in [1.29, 1.82) is 0 Å². The molecule has 0 aliphatic rings. The molecule has 1 atom stereocenters. The SMILES string of the molecule is Cc1csc(CCNC(C)c2ccc(Br)cc2Br)n1. The highest BCUT2D eigenvalue weighted by Gasteiger charge is 2.09. The molecule has 0 bridgehead atoms. The third-order valence-corrected chi connectivity index (χ3v) is 5.09. The summed E-state index contributed by atoms with van der Waals surface area (Å²) in [6.45, 7) is 5.16. The van der Waals surface area contributed by atoms with Crippen LogP contribution in [0.2, 0.25) is 0 Å². The highest BCUT2D eigenvalue weighted by atomic mass is 79.9. The topological polar surface area (TPSA) is 24.9 Å². The number of nitrogens with zero attached hydrogens (tertiary/aromatic N) is 1. The van der Waals surface area contributed by atoms with Crippen molar-refractivity contribution in [3.05, 3.63) is 48.8 Å². The second-order valence-electron chi connectivity index (χ2n) is 4.47. The van der Waals surface area contributed by atoms with Crippen LogP contribution in [0.5, 0.6) is 0 Å². The summed E-state index contributed by atoms with van der Waals surface area (Å²) in [5.41, 5.74) is 2.39. The molecule has 0 radical (unpaired) electrons. The lowest BCUT2D eigenvalue weighted by molar-refractivity contribution is 0.574. The monoisotopic (exact) mass is 402 g/mol. The van der Waals surface area contributed by atoms with Gasteiger partial charge in [-0.3, -0.25) is 0 Å². The van der Waals surface area contributed by atoms with E-state index in [4.69, 9.17) is 0 Å². The fraction of sp³-hybridized carbons (Fsp3) is 0.357. The Hall–Kier alpha value is -0.230. The minimum Gasteiger partial charge on any atom is -0.310 e. The molecule has 1 heterocycles. The first kappa shape index (κ1) is 15.2. The number of thiazole rings is 1. The van der Waals surface area contributed by atoms with Gasteiger partial charge in [-0.1, -0.05) is 37.9 Å².